The van der Waals surface area contributed by atoms with E-state index in [1.807, 2.05) is 6.07 Å². The predicted molar refractivity (Wildman–Crippen MR) is 79.7 cm³/mol. The summed E-state index contributed by atoms with van der Waals surface area (Å²) in [6.07, 6.45) is 1.63. The van der Waals surface area contributed by atoms with Crippen molar-refractivity contribution < 1.29 is 14.6 Å². The van der Waals surface area contributed by atoms with E-state index in [4.69, 9.17) is 33.0 Å². The van der Waals surface area contributed by atoms with Crippen molar-refractivity contribution >= 4 is 45.1 Å². The summed E-state index contributed by atoms with van der Waals surface area (Å²) in [4.78, 5) is 15.3. The SMILES string of the molecule is O=C(O)c1cc(Cl)cc(Cl)c1OCc1ccc(Br)cn1. The Balaban J connectivity index is 2.24. The standard InChI is InChI=1S/C13H8BrCl2NO3/c14-7-1-2-9(17-5-7)6-20-12-10(13(18)19)3-8(15)4-11(12)16/h1-5H,6H2,(H,18,19). The largest absolute Gasteiger partial charge is 0.485 e. The van der Waals surface area contributed by atoms with Gasteiger partial charge < -0.3 is 9.84 Å². The number of hydrogen-bond donors (Lipinski definition) is 1. The summed E-state index contributed by atoms with van der Waals surface area (Å²) in [6.45, 7) is 0.106. The van der Waals surface area contributed by atoms with E-state index in [0.717, 1.165) is 4.47 Å². The number of nitrogens with zero attached hydrogens (tertiary/aromatic N) is 1. The lowest BCUT2D eigenvalue weighted by atomic mass is 10.2. The highest BCUT2D eigenvalue weighted by atomic mass is 79.9. The molecule has 0 aliphatic rings. The molecule has 0 fully saturated rings. The molecule has 0 atom stereocenters. The van der Waals surface area contributed by atoms with Crippen LogP contribution in [0.4, 0.5) is 0 Å². The van der Waals surface area contributed by atoms with Crippen molar-refractivity contribution in [1.82, 2.24) is 4.98 Å². The molecule has 0 saturated carbocycles. The monoisotopic (exact) mass is 375 g/mol. The molecular formula is C13H8BrCl2NO3. The van der Waals surface area contributed by atoms with Crippen LogP contribution in [0.25, 0.3) is 0 Å². The molecule has 104 valence electrons. The number of aromatic nitrogens is 1. The van der Waals surface area contributed by atoms with E-state index in [0.29, 0.717) is 5.69 Å². The lowest BCUT2D eigenvalue weighted by Gasteiger charge is -2.11. The van der Waals surface area contributed by atoms with Crippen molar-refractivity contribution in [2.45, 2.75) is 6.61 Å². The Kier molecular flexibility index (Phi) is 4.86. The number of halogens is 3. The number of rotatable bonds is 4. The van der Waals surface area contributed by atoms with Crippen molar-refractivity contribution in [3.63, 3.8) is 0 Å². The molecule has 1 heterocycles. The molecule has 20 heavy (non-hydrogen) atoms. The quantitative estimate of drug-likeness (QED) is 0.857. The molecule has 0 spiro atoms. The van der Waals surface area contributed by atoms with Crippen LogP contribution in [0.3, 0.4) is 0 Å². The average molecular weight is 377 g/mol. The van der Waals surface area contributed by atoms with Crippen molar-refractivity contribution in [1.29, 1.82) is 0 Å². The third kappa shape index (κ3) is 3.62. The number of carboxylic acids is 1. The van der Waals surface area contributed by atoms with E-state index in [2.05, 4.69) is 20.9 Å². The zero-order valence-corrected chi connectivity index (χ0v) is 13.0. The van der Waals surface area contributed by atoms with Gasteiger partial charge in [-0.05, 0) is 40.2 Å². The summed E-state index contributed by atoms with van der Waals surface area (Å²) in [6, 6.07) is 6.29. The number of pyridine rings is 1. The molecule has 0 aliphatic heterocycles. The number of benzene rings is 1. The van der Waals surface area contributed by atoms with Crippen molar-refractivity contribution in [2.75, 3.05) is 0 Å². The normalized spacial score (nSPS) is 10.3. The van der Waals surface area contributed by atoms with Crippen LogP contribution in [0.15, 0.2) is 34.9 Å². The van der Waals surface area contributed by atoms with Gasteiger partial charge in [0.15, 0.2) is 5.75 Å². The highest BCUT2D eigenvalue weighted by Crippen LogP contribution is 2.33. The van der Waals surface area contributed by atoms with Gasteiger partial charge in [-0.2, -0.15) is 0 Å². The first kappa shape index (κ1) is 15.1. The van der Waals surface area contributed by atoms with E-state index in [1.165, 1.54) is 12.1 Å². The fourth-order valence-electron chi connectivity index (χ4n) is 1.50. The molecule has 2 aromatic rings. The Morgan fingerprint density at radius 2 is 2.10 bits per heavy atom. The average Bonchev–Trinajstić information content (AvgIpc) is 2.38. The molecule has 0 saturated heterocycles. The van der Waals surface area contributed by atoms with Crippen LogP contribution in [0.2, 0.25) is 10.0 Å². The Morgan fingerprint density at radius 1 is 1.35 bits per heavy atom. The zero-order valence-electron chi connectivity index (χ0n) is 9.94. The van der Waals surface area contributed by atoms with Crippen LogP contribution >= 0.6 is 39.1 Å². The minimum Gasteiger partial charge on any atom is -0.485 e. The second-order valence-corrected chi connectivity index (χ2v) is 5.59. The molecule has 4 nitrogen and oxygen atoms in total. The van der Waals surface area contributed by atoms with Gasteiger partial charge in [0.1, 0.15) is 12.2 Å². The van der Waals surface area contributed by atoms with Crippen LogP contribution in [0.1, 0.15) is 16.1 Å². The van der Waals surface area contributed by atoms with Crippen molar-refractivity contribution in [3.8, 4) is 5.75 Å². The fourth-order valence-corrected chi connectivity index (χ4v) is 2.29. The van der Waals surface area contributed by atoms with Crippen LogP contribution in [0.5, 0.6) is 5.75 Å². The van der Waals surface area contributed by atoms with Gasteiger partial charge in [0, 0.05) is 15.7 Å². The highest BCUT2D eigenvalue weighted by molar-refractivity contribution is 9.10. The Hall–Kier alpha value is -1.30. The summed E-state index contributed by atoms with van der Waals surface area (Å²) in [5.41, 5.74) is 0.565. The molecule has 0 aliphatic carbocycles. The van der Waals surface area contributed by atoms with Crippen LogP contribution in [-0.4, -0.2) is 16.1 Å². The minimum atomic E-state index is -1.16. The van der Waals surface area contributed by atoms with Gasteiger partial charge in [0.25, 0.3) is 0 Å². The molecule has 1 N–H and O–H groups in total. The number of carbonyl (C=O) groups is 1. The number of carboxylic acid groups (broad SMARTS) is 1. The molecule has 0 bridgehead atoms. The van der Waals surface area contributed by atoms with Crippen LogP contribution < -0.4 is 4.74 Å². The Labute approximate surface area is 133 Å². The highest BCUT2D eigenvalue weighted by Gasteiger charge is 2.16. The summed E-state index contributed by atoms with van der Waals surface area (Å²) < 4.78 is 6.31. The van der Waals surface area contributed by atoms with Crippen molar-refractivity contribution in [3.05, 3.63) is 56.2 Å². The lowest BCUT2D eigenvalue weighted by molar-refractivity contribution is 0.0691. The minimum absolute atomic E-state index is 0.0771. The first-order valence-electron chi connectivity index (χ1n) is 5.43. The van der Waals surface area contributed by atoms with E-state index < -0.39 is 5.97 Å². The van der Waals surface area contributed by atoms with Crippen LogP contribution in [0, 0.1) is 0 Å². The molecule has 7 heteroatoms. The van der Waals surface area contributed by atoms with Gasteiger partial charge >= 0.3 is 5.97 Å². The maximum absolute atomic E-state index is 11.2. The number of ether oxygens (including phenoxy) is 1. The topological polar surface area (TPSA) is 59.4 Å². The predicted octanol–water partition coefficient (Wildman–Crippen LogP) is 4.43. The zero-order chi connectivity index (χ0) is 14.7. The van der Waals surface area contributed by atoms with Gasteiger partial charge in [-0.3, -0.25) is 4.98 Å². The van der Waals surface area contributed by atoms with Gasteiger partial charge in [-0.15, -0.1) is 0 Å². The molecular weight excluding hydrogens is 369 g/mol. The number of hydrogen-bond acceptors (Lipinski definition) is 3. The molecule has 1 aromatic heterocycles. The Morgan fingerprint density at radius 3 is 2.70 bits per heavy atom. The molecule has 1 aromatic carbocycles. The summed E-state index contributed by atoms with van der Waals surface area (Å²) in [5, 5.41) is 9.51. The van der Waals surface area contributed by atoms with Crippen LogP contribution in [-0.2, 0) is 6.61 Å². The first-order chi connectivity index (χ1) is 9.47. The molecule has 0 amide bonds. The Bertz CT molecular complexity index is 647. The summed E-state index contributed by atoms with van der Waals surface area (Å²) in [5.74, 6) is -1.08. The fraction of sp³-hybridized carbons (Fsp3) is 0.0769. The lowest BCUT2D eigenvalue weighted by Crippen LogP contribution is -2.05. The second-order valence-electron chi connectivity index (χ2n) is 3.83. The molecule has 2 rings (SSSR count). The van der Waals surface area contributed by atoms with E-state index >= 15 is 0 Å². The van der Waals surface area contributed by atoms with E-state index in [1.54, 1.807) is 12.3 Å². The van der Waals surface area contributed by atoms with E-state index in [9.17, 15) is 4.79 Å². The molecule has 0 radical (unpaired) electrons. The molecule has 0 unspecified atom stereocenters. The van der Waals surface area contributed by atoms with Crippen molar-refractivity contribution in [2.24, 2.45) is 0 Å². The van der Waals surface area contributed by atoms with E-state index in [-0.39, 0.29) is 28.0 Å². The van der Waals surface area contributed by atoms with Gasteiger partial charge in [0.05, 0.1) is 10.7 Å². The van der Waals surface area contributed by atoms with Gasteiger partial charge in [0.2, 0.25) is 0 Å². The van der Waals surface area contributed by atoms with Gasteiger partial charge in [-0.1, -0.05) is 23.2 Å². The first-order valence-corrected chi connectivity index (χ1v) is 6.98. The summed E-state index contributed by atoms with van der Waals surface area (Å²) >= 11 is 15.0. The smallest absolute Gasteiger partial charge is 0.339 e. The third-order valence-corrected chi connectivity index (χ3v) is 3.36. The summed E-state index contributed by atoms with van der Waals surface area (Å²) in [7, 11) is 0. The second kappa shape index (κ2) is 6.43. The maximum atomic E-state index is 11.2. The maximum Gasteiger partial charge on any atom is 0.339 e. The number of aromatic carboxylic acids is 1. The van der Waals surface area contributed by atoms with Gasteiger partial charge in [-0.25, -0.2) is 4.79 Å². The third-order valence-electron chi connectivity index (χ3n) is 2.39.